The normalized spacial score (nSPS) is 23.0. The van der Waals surface area contributed by atoms with Crippen molar-refractivity contribution in [3.05, 3.63) is 29.3 Å². The molecule has 1 amide bonds. The average Bonchev–Trinajstić information content (AvgIpc) is 2.80. The molecule has 1 aromatic carbocycles. The minimum atomic E-state index is -0.164. The zero-order valence-electron chi connectivity index (χ0n) is 10.8. The largest absolute Gasteiger partial charge is 0.507 e. The Balaban J connectivity index is 2.02. The van der Waals surface area contributed by atoms with E-state index in [2.05, 4.69) is 11.6 Å². The van der Waals surface area contributed by atoms with Crippen molar-refractivity contribution < 1.29 is 9.90 Å². The average molecular weight is 265 g/mol. The number of aromatic hydroxyl groups is 1. The molecule has 1 fully saturated rings. The van der Waals surface area contributed by atoms with E-state index in [-0.39, 0.29) is 17.7 Å². The predicted octanol–water partition coefficient (Wildman–Crippen LogP) is 2.71. The third kappa shape index (κ3) is 2.99. The van der Waals surface area contributed by atoms with E-state index in [1.165, 1.54) is 0 Å². The number of thioether (sulfide) groups is 1. The molecule has 3 nitrogen and oxygen atoms in total. The zero-order valence-corrected chi connectivity index (χ0v) is 11.6. The van der Waals surface area contributed by atoms with Gasteiger partial charge in [-0.25, -0.2) is 0 Å². The zero-order chi connectivity index (χ0) is 13.1. The molecule has 0 heterocycles. The Morgan fingerprint density at radius 3 is 2.89 bits per heavy atom. The number of carbonyl (C=O) groups is 1. The van der Waals surface area contributed by atoms with Gasteiger partial charge in [0.15, 0.2) is 0 Å². The van der Waals surface area contributed by atoms with E-state index in [0.717, 1.165) is 24.8 Å². The highest BCUT2D eigenvalue weighted by Crippen LogP contribution is 2.28. The topological polar surface area (TPSA) is 49.3 Å². The van der Waals surface area contributed by atoms with Crippen LogP contribution < -0.4 is 5.32 Å². The van der Waals surface area contributed by atoms with Gasteiger partial charge in [0.2, 0.25) is 0 Å². The molecule has 2 N–H and O–H groups in total. The number of benzene rings is 1. The second kappa shape index (κ2) is 5.65. The minimum absolute atomic E-state index is 0.0533. The third-order valence-corrected chi connectivity index (χ3v) is 4.54. The van der Waals surface area contributed by atoms with Crippen molar-refractivity contribution in [3.63, 3.8) is 0 Å². The highest BCUT2D eigenvalue weighted by Gasteiger charge is 2.26. The van der Waals surface area contributed by atoms with Gasteiger partial charge in [-0.15, -0.1) is 0 Å². The number of amides is 1. The molecular formula is C14H19NO2S. The van der Waals surface area contributed by atoms with E-state index in [9.17, 15) is 9.90 Å². The van der Waals surface area contributed by atoms with Crippen LogP contribution in [-0.2, 0) is 0 Å². The molecule has 2 unspecified atom stereocenters. The van der Waals surface area contributed by atoms with Crippen molar-refractivity contribution in [2.24, 2.45) is 0 Å². The van der Waals surface area contributed by atoms with Gasteiger partial charge in [-0.1, -0.05) is 11.6 Å². The van der Waals surface area contributed by atoms with Crippen LogP contribution >= 0.6 is 11.8 Å². The lowest BCUT2D eigenvalue weighted by Gasteiger charge is -2.13. The molecule has 98 valence electrons. The standard InChI is InChI=1S/C14H19NO2S/c1-9-3-6-13(16)12(7-9)14(17)15-10-4-5-11(8-10)18-2/h3,6-7,10-11,16H,4-5,8H2,1-2H3,(H,15,17). The molecule has 18 heavy (non-hydrogen) atoms. The van der Waals surface area contributed by atoms with Crippen molar-refractivity contribution in [1.29, 1.82) is 0 Å². The fourth-order valence-electron chi connectivity index (χ4n) is 2.38. The summed E-state index contributed by atoms with van der Waals surface area (Å²) in [5.41, 5.74) is 1.36. The summed E-state index contributed by atoms with van der Waals surface area (Å²) in [7, 11) is 0. The number of carbonyl (C=O) groups excluding carboxylic acids is 1. The first-order chi connectivity index (χ1) is 8.60. The molecule has 2 atom stereocenters. The number of phenols is 1. The molecule has 0 aromatic heterocycles. The van der Waals surface area contributed by atoms with E-state index >= 15 is 0 Å². The van der Waals surface area contributed by atoms with E-state index in [0.29, 0.717) is 10.8 Å². The number of hydrogen-bond donors (Lipinski definition) is 2. The molecule has 1 aliphatic carbocycles. The maximum absolute atomic E-state index is 12.1. The molecular weight excluding hydrogens is 246 g/mol. The number of nitrogens with one attached hydrogen (secondary N) is 1. The first kappa shape index (κ1) is 13.3. The van der Waals surface area contributed by atoms with Crippen molar-refractivity contribution in [2.45, 2.75) is 37.5 Å². The van der Waals surface area contributed by atoms with Gasteiger partial charge in [0.05, 0.1) is 5.56 Å². The summed E-state index contributed by atoms with van der Waals surface area (Å²) in [5.74, 6) is -0.111. The Bertz CT molecular complexity index is 447. The quantitative estimate of drug-likeness (QED) is 0.883. The van der Waals surface area contributed by atoms with Crippen LogP contribution in [-0.4, -0.2) is 28.6 Å². The van der Waals surface area contributed by atoms with Gasteiger partial charge in [-0.05, 0) is 44.6 Å². The van der Waals surface area contributed by atoms with Gasteiger partial charge in [0.25, 0.3) is 5.91 Å². The monoisotopic (exact) mass is 265 g/mol. The lowest BCUT2D eigenvalue weighted by Crippen LogP contribution is -2.33. The van der Waals surface area contributed by atoms with Gasteiger partial charge in [-0.2, -0.15) is 11.8 Å². The molecule has 1 aliphatic rings. The second-order valence-corrected chi connectivity index (χ2v) is 6.00. The fraction of sp³-hybridized carbons (Fsp3) is 0.500. The minimum Gasteiger partial charge on any atom is -0.507 e. The third-order valence-electron chi connectivity index (χ3n) is 3.45. The van der Waals surface area contributed by atoms with Crippen LogP contribution in [0.25, 0.3) is 0 Å². The first-order valence-electron chi connectivity index (χ1n) is 6.23. The van der Waals surface area contributed by atoms with E-state index in [4.69, 9.17) is 0 Å². The maximum Gasteiger partial charge on any atom is 0.255 e. The molecule has 0 radical (unpaired) electrons. The Morgan fingerprint density at radius 1 is 1.44 bits per heavy atom. The maximum atomic E-state index is 12.1. The van der Waals surface area contributed by atoms with Crippen LogP contribution in [0.1, 0.15) is 35.2 Å². The highest BCUT2D eigenvalue weighted by atomic mass is 32.2. The van der Waals surface area contributed by atoms with E-state index < -0.39 is 0 Å². The fourth-order valence-corrected chi connectivity index (χ4v) is 3.18. The SMILES string of the molecule is CSC1CCC(NC(=O)c2cc(C)ccc2O)C1. The van der Waals surface area contributed by atoms with E-state index in [1.807, 2.05) is 18.7 Å². The number of phenolic OH excluding ortho intramolecular Hbond substituents is 1. The highest BCUT2D eigenvalue weighted by molar-refractivity contribution is 7.99. The van der Waals surface area contributed by atoms with Crippen molar-refractivity contribution in [3.8, 4) is 5.75 Å². The summed E-state index contributed by atoms with van der Waals surface area (Å²) in [6.45, 7) is 1.91. The van der Waals surface area contributed by atoms with Crippen LogP contribution in [0.2, 0.25) is 0 Å². The lowest BCUT2D eigenvalue weighted by molar-refractivity contribution is 0.0935. The van der Waals surface area contributed by atoms with Gasteiger partial charge in [0, 0.05) is 11.3 Å². The smallest absolute Gasteiger partial charge is 0.255 e. The Labute approximate surface area is 112 Å². The van der Waals surface area contributed by atoms with Crippen LogP contribution in [0.4, 0.5) is 0 Å². The Morgan fingerprint density at radius 2 is 2.22 bits per heavy atom. The van der Waals surface area contributed by atoms with Crippen LogP contribution in [0.15, 0.2) is 18.2 Å². The molecule has 0 spiro atoms. The van der Waals surface area contributed by atoms with Crippen LogP contribution in [0.5, 0.6) is 5.75 Å². The summed E-state index contributed by atoms with van der Waals surface area (Å²) in [5, 5.41) is 13.4. The van der Waals surface area contributed by atoms with Gasteiger partial charge < -0.3 is 10.4 Å². The van der Waals surface area contributed by atoms with Crippen molar-refractivity contribution in [1.82, 2.24) is 5.32 Å². The molecule has 0 saturated heterocycles. The number of rotatable bonds is 3. The van der Waals surface area contributed by atoms with Gasteiger partial charge >= 0.3 is 0 Å². The molecule has 2 rings (SSSR count). The lowest BCUT2D eigenvalue weighted by atomic mass is 10.1. The Kier molecular flexibility index (Phi) is 4.17. The van der Waals surface area contributed by atoms with Gasteiger partial charge in [-0.3, -0.25) is 4.79 Å². The summed E-state index contributed by atoms with van der Waals surface area (Å²) >= 11 is 1.86. The Hall–Kier alpha value is -1.16. The first-order valence-corrected chi connectivity index (χ1v) is 7.52. The molecule has 0 bridgehead atoms. The van der Waals surface area contributed by atoms with Crippen molar-refractivity contribution in [2.75, 3.05) is 6.26 Å². The number of aryl methyl sites for hydroxylation is 1. The van der Waals surface area contributed by atoms with Crippen LogP contribution in [0, 0.1) is 6.92 Å². The summed E-state index contributed by atoms with van der Waals surface area (Å²) < 4.78 is 0. The predicted molar refractivity (Wildman–Crippen MR) is 75.3 cm³/mol. The molecule has 1 aromatic rings. The molecule has 1 saturated carbocycles. The van der Waals surface area contributed by atoms with Crippen molar-refractivity contribution >= 4 is 17.7 Å². The molecule has 0 aliphatic heterocycles. The van der Waals surface area contributed by atoms with E-state index in [1.54, 1.807) is 18.2 Å². The summed E-state index contributed by atoms with van der Waals surface area (Å²) in [6.07, 6.45) is 5.33. The van der Waals surface area contributed by atoms with Gasteiger partial charge in [0.1, 0.15) is 5.75 Å². The number of hydrogen-bond acceptors (Lipinski definition) is 3. The summed E-state index contributed by atoms with van der Waals surface area (Å²) in [6, 6.07) is 5.34. The molecule has 4 heteroatoms. The van der Waals surface area contributed by atoms with Crippen LogP contribution in [0.3, 0.4) is 0 Å². The summed E-state index contributed by atoms with van der Waals surface area (Å²) in [4.78, 5) is 12.1. The second-order valence-electron chi connectivity index (χ2n) is 4.86.